The standard InChI is InChI=1S/C17H17FO2/c1-12(19)15-7-8-17(18)16(11-15)14-5-3-13(4-6-14)9-10-20-2/h3-8,11H,9-10H2,1-2H3. The number of benzene rings is 2. The summed E-state index contributed by atoms with van der Waals surface area (Å²) in [5.41, 5.74) is 2.88. The highest BCUT2D eigenvalue weighted by Gasteiger charge is 2.08. The van der Waals surface area contributed by atoms with Crippen molar-refractivity contribution in [2.45, 2.75) is 13.3 Å². The molecular weight excluding hydrogens is 255 g/mol. The van der Waals surface area contributed by atoms with Crippen molar-refractivity contribution in [1.29, 1.82) is 0 Å². The Hall–Kier alpha value is -2.00. The first-order chi connectivity index (χ1) is 9.61. The van der Waals surface area contributed by atoms with Gasteiger partial charge in [-0.25, -0.2) is 4.39 Å². The minimum absolute atomic E-state index is 0.0667. The normalized spacial score (nSPS) is 10.6. The SMILES string of the molecule is COCCc1ccc(-c2cc(C(C)=O)ccc2F)cc1. The predicted octanol–water partition coefficient (Wildman–Crippen LogP) is 3.88. The van der Waals surface area contributed by atoms with Gasteiger partial charge in [0.1, 0.15) is 5.82 Å². The second-order valence-electron chi connectivity index (χ2n) is 4.69. The zero-order chi connectivity index (χ0) is 14.5. The third-order valence-electron chi connectivity index (χ3n) is 3.23. The van der Waals surface area contributed by atoms with E-state index in [0.717, 1.165) is 17.5 Å². The summed E-state index contributed by atoms with van der Waals surface area (Å²) in [4.78, 5) is 11.4. The van der Waals surface area contributed by atoms with E-state index in [1.54, 1.807) is 13.2 Å². The van der Waals surface area contributed by atoms with Crippen molar-refractivity contribution in [3.63, 3.8) is 0 Å². The zero-order valence-corrected chi connectivity index (χ0v) is 11.7. The second-order valence-corrected chi connectivity index (χ2v) is 4.69. The molecule has 0 unspecified atom stereocenters. The monoisotopic (exact) mass is 272 g/mol. The van der Waals surface area contributed by atoms with E-state index >= 15 is 0 Å². The molecule has 0 aliphatic rings. The topological polar surface area (TPSA) is 26.3 Å². The van der Waals surface area contributed by atoms with Crippen LogP contribution in [0.4, 0.5) is 4.39 Å². The maximum Gasteiger partial charge on any atom is 0.159 e. The third-order valence-corrected chi connectivity index (χ3v) is 3.23. The van der Waals surface area contributed by atoms with E-state index in [9.17, 15) is 9.18 Å². The molecule has 104 valence electrons. The summed E-state index contributed by atoms with van der Waals surface area (Å²) in [6.45, 7) is 2.14. The molecule has 0 radical (unpaired) electrons. The first-order valence-corrected chi connectivity index (χ1v) is 6.50. The number of Topliss-reactive ketones (excluding diaryl/α,β-unsaturated/α-hetero) is 1. The highest BCUT2D eigenvalue weighted by Crippen LogP contribution is 2.24. The number of ether oxygens (including phenoxy) is 1. The summed E-state index contributed by atoms with van der Waals surface area (Å²) in [5.74, 6) is -0.386. The molecule has 0 N–H and O–H groups in total. The Morgan fingerprint density at radius 2 is 1.85 bits per heavy atom. The molecule has 0 bridgehead atoms. The van der Waals surface area contributed by atoms with Gasteiger partial charge in [0.25, 0.3) is 0 Å². The molecule has 2 rings (SSSR count). The van der Waals surface area contributed by atoms with Crippen molar-refractivity contribution < 1.29 is 13.9 Å². The molecule has 0 aromatic heterocycles. The molecule has 0 aliphatic heterocycles. The second kappa shape index (κ2) is 6.44. The van der Waals surface area contributed by atoms with Gasteiger partial charge in [-0.05, 0) is 42.7 Å². The van der Waals surface area contributed by atoms with Crippen LogP contribution in [0.25, 0.3) is 11.1 Å². The highest BCUT2D eigenvalue weighted by molar-refractivity contribution is 5.95. The average Bonchev–Trinajstić information content (AvgIpc) is 2.46. The van der Waals surface area contributed by atoms with Crippen molar-refractivity contribution >= 4 is 5.78 Å². The predicted molar refractivity (Wildman–Crippen MR) is 77.4 cm³/mol. The fourth-order valence-electron chi connectivity index (χ4n) is 2.04. The van der Waals surface area contributed by atoms with Crippen LogP contribution < -0.4 is 0 Å². The van der Waals surface area contributed by atoms with E-state index in [-0.39, 0.29) is 11.6 Å². The van der Waals surface area contributed by atoms with Crippen LogP contribution in [0, 0.1) is 5.82 Å². The van der Waals surface area contributed by atoms with Gasteiger partial charge in [0.05, 0.1) is 6.61 Å². The number of carbonyl (C=O) groups excluding carboxylic acids is 1. The van der Waals surface area contributed by atoms with Crippen LogP contribution in [0.15, 0.2) is 42.5 Å². The minimum Gasteiger partial charge on any atom is -0.384 e. The van der Waals surface area contributed by atoms with Crippen LogP contribution in [0.2, 0.25) is 0 Å². The average molecular weight is 272 g/mol. The lowest BCUT2D eigenvalue weighted by atomic mass is 9.99. The van der Waals surface area contributed by atoms with Crippen LogP contribution in [-0.4, -0.2) is 19.5 Å². The molecule has 3 heteroatoms. The number of hydrogen-bond acceptors (Lipinski definition) is 2. The van der Waals surface area contributed by atoms with Gasteiger partial charge in [-0.15, -0.1) is 0 Å². The van der Waals surface area contributed by atoms with Crippen LogP contribution >= 0.6 is 0 Å². The van der Waals surface area contributed by atoms with E-state index in [1.165, 1.54) is 19.1 Å². The van der Waals surface area contributed by atoms with Crippen LogP contribution in [0.1, 0.15) is 22.8 Å². The molecule has 2 nitrogen and oxygen atoms in total. The summed E-state index contributed by atoms with van der Waals surface area (Å²) >= 11 is 0. The minimum atomic E-state index is -0.320. The number of carbonyl (C=O) groups is 1. The molecule has 2 aromatic carbocycles. The lowest BCUT2D eigenvalue weighted by Crippen LogP contribution is -1.96. The Morgan fingerprint density at radius 3 is 2.45 bits per heavy atom. The van der Waals surface area contributed by atoms with Gasteiger partial charge in [-0.2, -0.15) is 0 Å². The van der Waals surface area contributed by atoms with Gasteiger partial charge in [0.15, 0.2) is 5.78 Å². The van der Waals surface area contributed by atoms with Crippen LogP contribution in [0.3, 0.4) is 0 Å². The Morgan fingerprint density at radius 1 is 1.15 bits per heavy atom. The maximum atomic E-state index is 13.9. The summed E-state index contributed by atoms with van der Waals surface area (Å²) in [6, 6.07) is 12.1. The lowest BCUT2D eigenvalue weighted by molar-refractivity contribution is 0.101. The molecule has 2 aromatic rings. The Labute approximate surface area is 118 Å². The van der Waals surface area contributed by atoms with Gasteiger partial charge in [-0.3, -0.25) is 4.79 Å². The molecule has 0 amide bonds. The van der Waals surface area contributed by atoms with E-state index < -0.39 is 0 Å². The number of methoxy groups -OCH3 is 1. The number of ketones is 1. The Bertz CT molecular complexity index is 603. The van der Waals surface area contributed by atoms with E-state index in [2.05, 4.69) is 0 Å². The van der Waals surface area contributed by atoms with Gasteiger partial charge in [-0.1, -0.05) is 24.3 Å². The van der Waals surface area contributed by atoms with Gasteiger partial charge in [0.2, 0.25) is 0 Å². The number of halogens is 1. The molecular formula is C17H17FO2. The van der Waals surface area contributed by atoms with Crippen molar-refractivity contribution in [3.8, 4) is 11.1 Å². The molecule has 20 heavy (non-hydrogen) atoms. The van der Waals surface area contributed by atoms with Gasteiger partial charge >= 0.3 is 0 Å². The van der Waals surface area contributed by atoms with E-state index in [4.69, 9.17) is 4.74 Å². The van der Waals surface area contributed by atoms with Crippen molar-refractivity contribution in [2.75, 3.05) is 13.7 Å². The van der Waals surface area contributed by atoms with Gasteiger partial charge in [0, 0.05) is 18.2 Å². The molecule has 0 fully saturated rings. The summed E-state index contributed by atoms with van der Waals surface area (Å²) in [6.07, 6.45) is 0.826. The summed E-state index contributed by atoms with van der Waals surface area (Å²) in [7, 11) is 1.66. The smallest absolute Gasteiger partial charge is 0.159 e. The van der Waals surface area contributed by atoms with E-state index in [0.29, 0.717) is 17.7 Å². The fourth-order valence-corrected chi connectivity index (χ4v) is 2.04. The van der Waals surface area contributed by atoms with Crippen molar-refractivity contribution in [1.82, 2.24) is 0 Å². The summed E-state index contributed by atoms with van der Waals surface area (Å²) in [5, 5.41) is 0. The molecule has 0 heterocycles. The van der Waals surface area contributed by atoms with Crippen LogP contribution in [-0.2, 0) is 11.2 Å². The Balaban J connectivity index is 2.31. The first-order valence-electron chi connectivity index (χ1n) is 6.50. The third kappa shape index (κ3) is 3.31. The largest absolute Gasteiger partial charge is 0.384 e. The summed E-state index contributed by atoms with van der Waals surface area (Å²) < 4.78 is 18.9. The first kappa shape index (κ1) is 14.4. The maximum absolute atomic E-state index is 13.9. The lowest BCUT2D eigenvalue weighted by Gasteiger charge is -2.07. The van der Waals surface area contributed by atoms with E-state index in [1.807, 2.05) is 24.3 Å². The molecule has 0 aliphatic carbocycles. The zero-order valence-electron chi connectivity index (χ0n) is 11.7. The highest BCUT2D eigenvalue weighted by atomic mass is 19.1. The molecule has 0 saturated carbocycles. The quantitative estimate of drug-likeness (QED) is 0.772. The van der Waals surface area contributed by atoms with Crippen LogP contribution in [0.5, 0.6) is 0 Å². The Kier molecular flexibility index (Phi) is 4.64. The molecule has 0 saturated heterocycles. The fraction of sp³-hybridized carbons (Fsp3) is 0.235. The molecule has 0 atom stereocenters. The number of hydrogen-bond donors (Lipinski definition) is 0. The van der Waals surface area contributed by atoms with Crippen molar-refractivity contribution in [2.24, 2.45) is 0 Å². The van der Waals surface area contributed by atoms with Crippen molar-refractivity contribution in [3.05, 3.63) is 59.4 Å². The molecule has 0 spiro atoms. The number of rotatable bonds is 5. The van der Waals surface area contributed by atoms with Gasteiger partial charge < -0.3 is 4.74 Å².